The molecule has 0 radical (unpaired) electrons. The second kappa shape index (κ2) is 7.52. The van der Waals surface area contributed by atoms with Gasteiger partial charge >= 0.3 is 0 Å². The van der Waals surface area contributed by atoms with Gasteiger partial charge < -0.3 is 20.7 Å². The topological polar surface area (TPSA) is 84.7 Å². The summed E-state index contributed by atoms with van der Waals surface area (Å²) in [6.45, 7) is 1.89. The fourth-order valence-corrected chi connectivity index (χ4v) is 2.21. The number of ether oxygens (including phenoxy) is 1. The van der Waals surface area contributed by atoms with Crippen LogP contribution in [-0.2, 0) is 9.59 Å². The zero-order valence-electron chi connectivity index (χ0n) is 12.0. The Hall–Kier alpha value is -2.24. The lowest BCUT2D eigenvalue weighted by Gasteiger charge is -2.15. The van der Waals surface area contributed by atoms with E-state index in [1.807, 2.05) is 12.1 Å². The van der Waals surface area contributed by atoms with Crippen LogP contribution in [-0.4, -0.2) is 43.0 Å². The number of carbonyl (C=O) groups is 2. The Bertz CT molecular complexity index is 499. The molecule has 1 aromatic carbocycles. The number of carbonyl (C=O) groups excluding carboxylic acids is 2. The summed E-state index contributed by atoms with van der Waals surface area (Å²) in [5.74, 6) is 0.351. The molecule has 21 heavy (non-hydrogen) atoms. The van der Waals surface area contributed by atoms with Crippen LogP contribution in [0.2, 0.25) is 0 Å². The van der Waals surface area contributed by atoms with E-state index in [0.717, 1.165) is 25.9 Å². The average Bonchev–Trinajstić information content (AvgIpc) is 3.01. The first-order valence-corrected chi connectivity index (χ1v) is 7.18. The first-order valence-electron chi connectivity index (χ1n) is 7.18. The highest BCUT2D eigenvalue weighted by atomic mass is 16.5. The van der Waals surface area contributed by atoms with Gasteiger partial charge in [0, 0.05) is 13.1 Å². The van der Waals surface area contributed by atoms with Crippen molar-refractivity contribution in [2.75, 3.05) is 32.0 Å². The number of nitrogens with zero attached hydrogens (tertiary/aromatic N) is 1. The lowest BCUT2D eigenvalue weighted by Crippen LogP contribution is -2.38. The standard InChI is InChI=1S/C15H21N3O3/c16-12-5-1-2-6-13(12)21-10-7-14(19)17-11-15(20)18-8-3-4-9-18/h1-2,5-6H,3-4,7-11,16H2,(H,17,19). The van der Waals surface area contributed by atoms with Gasteiger partial charge in [-0.05, 0) is 25.0 Å². The van der Waals surface area contributed by atoms with Crippen molar-refractivity contribution in [1.29, 1.82) is 0 Å². The van der Waals surface area contributed by atoms with E-state index < -0.39 is 0 Å². The van der Waals surface area contributed by atoms with E-state index in [2.05, 4.69) is 5.32 Å². The van der Waals surface area contributed by atoms with Crippen LogP contribution in [0.4, 0.5) is 5.69 Å². The molecule has 2 amide bonds. The number of hydrogen-bond acceptors (Lipinski definition) is 4. The van der Waals surface area contributed by atoms with Crippen LogP contribution < -0.4 is 15.8 Å². The maximum atomic E-state index is 11.8. The van der Waals surface area contributed by atoms with Crippen molar-refractivity contribution in [3.63, 3.8) is 0 Å². The molecule has 0 aromatic heterocycles. The second-order valence-electron chi connectivity index (χ2n) is 5.00. The molecule has 1 aliphatic heterocycles. The highest BCUT2D eigenvalue weighted by Gasteiger charge is 2.17. The second-order valence-corrected chi connectivity index (χ2v) is 5.00. The van der Waals surface area contributed by atoms with E-state index in [1.165, 1.54) is 0 Å². The lowest BCUT2D eigenvalue weighted by molar-refractivity contribution is -0.132. The molecule has 114 valence electrons. The first-order chi connectivity index (χ1) is 10.2. The molecule has 1 aliphatic rings. The van der Waals surface area contributed by atoms with Gasteiger partial charge in [0.1, 0.15) is 5.75 Å². The molecule has 2 rings (SSSR count). The number of benzene rings is 1. The van der Waals surface area contributed by atoms with Gasteiger partial charge in [0.05, 0.1) is 25.3 Å². The Labute approximate surface area is 124 Å². The molecule has 6 nitrogen and oxygen atoms in total. The molecule has 0 unspecified atom stereocenters. The summed E-state index contributed by atoms with van der Waals surface area (Å²) in [4.78, 5) is 25.2. The minimum atomic E-state index is -0.197. The number of likely N-dealkylation sites (tertiary alicyclic amines) is 1. The van der Waals surface area contributed by atoms with Gasteiger partial charge in [-0.3, -0.25) is 9.59 Å². The highest BCUT2D eigenvalue weighted by molar-refractivity contribution is 5.84. The predicted octanol–water partition coefficient (Wildman–Crippen LogP) is 0.776. The Morgan fingerprint density at radius 1 is 1.24 bits per heavy atom. The van der Waals surface area contributed by atoms with Crippen LogP contribution in [0.3, 0.4) is 0 Å². The number of nitrogens with two attached hydrogens (primary N) is 1. The zero-order valence-corrected chi connectivity index (χ0v) is 12.0. The summed E-state index contributed by atoms with van der Waals surface area (Å²) in [6.07, 6.45) is 2.29. The number of amides is 2. The van der Waals surface area contributed by atoms with Gasteiger partial charge in [0.15, 0.2) is 0 Å². The fraction of sp³-hybridized carbons (Fsp3) is 0.467. The summed E-state index contributed by atoms with van der Waals surface area (Å²) in [6, 6.07) is 7.13. The third-order valence-corrected chi connectivity index (χ3v) is 3.40. The Kier molecular flexibility index (Phi) is 5.43. The smallest absolute Gasteiger partial charge is 0.241 e. The molecular formula is C15H21N3O3. The van der Waals surface area contributed by atoms with E-state index in [1.54, 1.807) is 17.0 Å². The number of anilines is 1. The van der Waals surface area contributed by atoms with Crippen molar-refractivity contribution >= 4 is 17.5 Å². The number of nitrogen functional groups attached to an aromatic ring is 1. The first kappa shape index (κ1) is 15.2. The Balaban J connectivity index is 1.63. The van der Waals surface area contributed by atoms with Crippen molar-refractivity contribution in [3.05, 3.63) is 24.3 Å². The van der Waals surface area contributed by atoms with Crippen LogP contribution >= 0.6 is 0 Å². The van der Waals surface area contributed by atoms with Gasteiger partial charge in [-0.25, -0.2) is 0 Å². The summed E-state index contributed by atoms with van der Waals surface area (Å²) < 4.78 is 5.43. The minimum Gasteiger partial charge on any atom is -0.491 e. The van der Waals surface area contributed by atoms with Gasteiger partial charge in [0.2, 0.25) is 11.8 Å². The molecule has 0 spiro atoms. The zero-order chi connectivity index (χ0) is 15.1. The summed E-state index contributed by atoms with van der Waals surface area (Å²) in [5, 5.41) is 2.62. The van der Waals surface area contributed by atoms with Crippen molar-refractivity contribution < 1.29 is 14.3 Å². The molecule has 0 atom stereocenters. The van der Waals surface area contributed by atoms with Crippen molar-refractivity contribution in [1.82, 2.24) is 10.2 Å². The molecular weight excluding hydrogens is 270 g/mol. The number of nitrogens with one attached hydrogen (secondary N) is 1. The SMILES string of the molecule is Nc1ccccc1OCCC(=O)NCC(=O)N1CCCC1. The van der Waals surface area contributed by atoms with E-state index in [-0.39, 0.29) is 31.4 Å². The molecule has 1 heterocycles. The maximum absolute atomic E-state index is 11.8. The van der Waals surface area contributed by atoms with Crippen LogP contribution in [0, 0.1) is 0 Å². The van der Waals surface area contributed by atoms with E-state index in [0.29, 0.717) is 11.4 Å². The van der Waals surface area contributed by atoms with Crippen LogP contribution in [0.5, 0.6) is 5.75 Å². The molecule has 6 heteroatoms. The van der Waals surface area contributed by atoms with Crippen molar-refractivity contribution in [2.24, 2.45) is 0 Å². The minimum absolute atomic E-state index is 0.0194. The molecule has 1 saturated heterocycles. The number of para-hydroxylation sites is 2. The van der Waals surface area contributed by atoms with Crippen molar-refractivity contribution in [2.45, 2.75) is 19.3 Å². The Morgan fingerprint density at radius 3 is 2.67 bits per heavy atom. The maximum Gasteiger partial charge on any atom is 0.241 e. The number of hydrogen-bond donors (Lipinski definition) is 2. The van der Waals surface area contributed by atoms with Crippen molar-refractivity contribution in [3.8, 4) is 5.75 Å². The van der Waals surface area contributed by atoms with Gasteiger partial charge in [-0.15, -0.1) is 0 Å². The third kappa shape index (κ3) is 4.66. The van der Waals surface area contributed by atoms with Gasteiger partial charge in [-0.2, -0.15) is 0 Å². The highest BCUT2D eigenvalue weighted by Crippen LogP contribution is 2.19. The molecule has 1 fully saturated rings. The fourth-order valence-electron chi connectivity index (χ4n) is 2.21. The summed E-state index contributed by atoms with van der Waals surface area (Å²) >= 11 is 0. The summed E-state index contributed by atoms with van der Waals surface area (Å²) in [7, 11) is 0. The Morgan fingerprint density at radius 2 is 1.95 bits per heavy atom. The van der Waals surface area contributed by atoms with Crippen LogP contribution in [0.15, 0.2) is 24.3 Å². The van der Waals surface area contributed by atoms with E-state index in [4.69, 9.17) is 10.5 Å². The van der Waals surface area contributed by atoms with Crippen LogP contribution in [0.25, 0.3) is 0 Å². The molecule has 0 saturated carbocycles. The molecule has 0 aliphatic carbocycles. The van der Waals surface area contributed by atoms with E-state index in [9.17, 15) is 9.59 Å². The normalized spacial score (nSPS) is 14.0. The third-order valence-electron chi connectivity index (χ3n) is 3.40. The number of rotatable bonds is 6. The van der Waals surface area contributed by atoms with E-state index >= 15 is 0 Å². The average molecular weight is 291 g/mol. The molecule has 1 aromatic rings. The predicted molar refractivity (Wildman–Crippen MR) is 79.8 cm³/mol. The van der Waals surface area contributed by atoms with Gasteiger partial charge in [-0.1, -0.05) is 12.1 Å². The molecule has 0 bridgehead atoms. The summed E-state index contributed by atoms with van der Waals surface area (Å²) in [5.41, 5.74) is 6.27. The van der Waals surface area contributed by atoms with Gasteiger partial charge in [0.25, 0.3) is 0 Å². The molecule has 3 N–H and O–H groups in total. The quantitative estimate of drug-likeness (QED) is 0.758. The monoisotopic (exact) mass is 291 g/mol. The van der Waals surface area contributed by atoms with Crippen LogP contribution in [0.1, 0.15) is 19.3 Å². The lowest BCUT2D eigenvalue weighted by atomic mass is 10.3. The largest absolute Gasteiger partial charge is 0.491 e.